The zero-order valence-electron chi connectivity index (χ0n) is 23.4. The van der Waals surface area contributed by atoms with E-state index in [1.807, 2.05) is 30.3 Å². The second kappa shape index (κ2) is 18.1. The fraction of sp³-hybridized carbons (Fsp3) is 0.517. The molecule has 220 valence electrons. The summed E-state index contributed by atoms with van der Waals surface area (Å²) in [5.41, 5.74) is 1.37. The fourth-order valence-electron chi connectivity index (χ4n) is 3.88. The molecule has 1 aliphatic rings. The summed E-state index contributed by atoms with van der Waals surface area (Å²) < 4.78 is 38.9. The summed E-state index contributed by atoms with van der Waals surface area (Å²) >= 11 is 0. The van der Waals surface area contributed by atoms with Gasteiger partial charge in [0.2, 0.25) is 0 Å². The van der Waals surface area contributed by atoms with Crippen molar-refractivity contribution in [3.8, 4) is 11.5 Å². The van der Waals surface area contributed by atoms with Gasteiger partial charge in [-0.3, -0.25) is 4.79 Å². The monoisotopic (exact) mass is 560 g/mol. The highest BCUT2D eigenvalue weighted by molar-refractivity contribution is 5.95. The number of hydrogen-bond donors (Lipinski definition) is 0. The third kappa shape index (κ3) is 11.0. The van der Waals surface area contributed by atoms with Crippen LogP contribution in [0.2, 0.25) is 0 Å². The summed E-state index contributed by atoms with van der Waals surface area (Å²) in [6, 6.07) is 14.6. The molecule has 0 radical (unpaired) electrons. The Morgan fingerprint density at radius 3 is 1.62 bits per heavy atom. The van der Waals surface area contributed by atoms with E-state index in [0.717, 1.165) is 5.56 Å². The normalized spacial score (nSPS) is 16.9. The second-order valence-corrected chi connectivity index (χ2v) is 8.87. The lowest BCUT2D eigenvalue weighted by Crippen LogP contribution is -2.38. The number of nitrogens with zero attached hydrogens (tertiary/aromatic N) is 2. The van der Waals surface area contributed by atoms with Gasteiger partial charge in [0, 0.05) is 37.8 Å². The molecule has 0 atom stereocenters. The largest absolute Gasteiger partial charge is 0.497 e. The Labute approximate surface area is 235 Å². The van der Waals surface area contributed by atoms with Gasteiger partial charge in [0.25, 0.3) is 5.91 Å². The molecule has 40 heavy (non-hydrogen) atoms. The van der Waals surface area contributed by atoms with Crippen LogP contribution >= 0.6 is 0 Å². The predicted molar refractivity (Wildman–Crippen MR) is 147 cm³/mol. The zero-order chi connectivity index (χ0) is 28.4. The van der Waals surface area contributed by atoms with Crippen molar-refractivity contribution in [1.82, 2.24) is 9.80 Å². The summed E-state index contributed by atoms with van der Waals surface area (Å²) in [5.74, 6) is 0.897. The van der Waals surface area contributed by atoms with Crippen molar-refractivity contribution in [2.75, 3.05) is 93.3 Å². The third-order valence-corrected chi connectivity index (χ3v) is 6.12. The maximum absolute atomic E-state index is 13.3. The van der Waals surface area contributed by atoms with Crippen LogP contribution in [0.25, 0.3) is 0 Å². The van der Waals surface area contributed by atoms with Crippen LogP contribution < -0.4 is 9.47 Å². The number of ether oxygens (including phenoxy) is 7. The van der Waals surface area contributed by atoms with E-state index < -0.39 is 6.09 Å². The van der Waals surface area contributed by atoms with E-state index in [2.05, 4.69) is 0 Å². The predicted octanol–water partition coefficient (Wildman–Crippen LogP) is 2.86. The molecule has 2 amide bonds. The number of rotatable bonds is 5. The molecule has 0 bridgehead atoms. The first kappa shape index (κ1) is 31.2. The molecule has 3 rings (SSSR count). The number of methoxy groups -OCH3 is 2. The summed E-state index contributed by atoms with van der Waals surface area (Å²) in [6.07, 6.45) is -0.420. The Morgan fingerprint density at radius 2 is 1.15 bits per heavy atom. The van der Waals surface area contributed by atoms with Gasteiger partial charge in [-0.15, -0.1) is 0 Å². The maximum Gasteiger partial charge on any atom is 0.410 e. The number of carbonyl (C=O) groups excluding carboxylic acids is 2. The van der Waals surface area contributed by atoms with Gasteiger partial charge < -0.3 is 43.0 Å². The molecule has 0 aliphatic carbocycles. The lowest BCUT2D eigenvalue weighted by atomic mass is 10.1. The van der Waals surface area contributed by atoms with Crippen LogP contribution in [0.3, 0.4) is 0 Å². The van der Waals surface area contributed by atoms with Crippen molar-refractivity contribution in [3.05, 3.63) is 59.7 Å². The smallest absolute Gasteiger partial charge is 0.410 e. The van der Waals surface area contributed by atoms with Crippen molar-refractivity contribution in [2.45, 2.75) is 6.61 Å². The van der Waals surface area contributed by atoms with Gasteiger partial charge >= 0.3 is 6.09 Å². The molecule has 11 nitrogen and oxygen atoms in total. The van der Waals surface area contributed by atoms with Gasteiger partial charge in [0.15, 0.2) is 0 Å². The highest BCUT2D eigenvalue weighted by Gasteiger charge is 2.19. The summed E-state index contributed by atoms with van der Waals surface area (Å²) in [5, 5.41) is 0. The van der Waals surface area contributed by atoms with Crippen LogP contribution in [0.5, 0.6) is 11.5 Å². The van der Waals surface area contributed by atoms with E-state index in [0.29, 0.717) is 96.1 Å². The van der Waals surface area contributed by atoms with E-state index in [4.69, 9.17) is 33.2 Å². The molecule has 11 heteroatoms. The highest BCUT2D eigenvalue weighted by atomic mass is 16.6. The molecule has 1 saturated heterocycles. The van der Waals surface area contributed by atoms with Gasteiger partial charge in [-0.2, -0.15) is 0 Å². The molecule has 0 spiro atoms. The van der Waals surface area contributed by atoms with E-state index >= 15 is 0 Å². The summed E-state index contributed by atoms with van der Waals surface area (Å²) in [6.45, 7) is 4.41. The highest BCUT2D eigenvalue weighted by Crippen LogP contribution is 2.23. The van der Waals surface area contributed by atoms with Crippen LogP contribution in [0.1, 0.15) is 15.9 Å². The average molecular weight is 561 g/mol. The van der Waals surface area contributed by atoms with E-state index in [1.165, 1.54) is 0 Å². The van der Waals surface area contributed by atoms with E-state index in [-0.39, 0.29) is 12.5 Å². The molecule has 1 heterocycles. The fourth-order valence-corrected chi connectivity index (χ4v) is 3.88. The minimum Gasteiger partial charge on any atom is -0.497 e. The van der Waals surface area contributed by atoms with Crippen molar-refractivity contribution in [2.24, 2.45) is 0 Å². The van der Waals surface area contributed by atoms with Crippen LogP contribution in [0.15, 0.2) is 48.5 Å². The molecule has 2 aromatic carbocycles. The zero-order valence-corrected chi connectivity index (χ0v) is 23.4. The molecule has 1 fully saturated rings. The standard InChI is InChI=1S/C29H40N2O9/c1-34-26-20-25(21-27(22-26)35-2)28(32)30-8-12-36-16-18-38-14-10-31(11-15-39-19-17-37-13-9-30)29(33)40-23-24-6-4-3-5-7-24/h3-7,20-22H,8-19,23H2,1-2H3. The number of carbonyl (C=O) groups is 2. The van der Waals surface area contributed by atoms with E-state index in [1.54, 1.807) is 42.2 Å². The molecule has 1 aliphatic heterocycles. The quantitative estimate of drug-likeness (QED) is 0.546. The lowest BCUT2D eigenvalue weighted by molar-refractivity contribution is 0.00678. The van der Waals surface area contributed by atoms with Gasteiger partial charge in [0.1, 0.15) is 18.1 Å². The minimum absolute atomic E-state index is 0.175. The van der Waals surface area contributed by atoms with Crippen LogP contribution in [-0.4, -0.2) is 115 Å². The molecular formula is C29H40N2O9. The molecular weight excluding hydrogens is 520 g/mol. The Hall–Kier alpha value is -3.38. The topological polar surface area (TPSA) is 105 Å². The van der Waals surface area contributed by atoms with Crippen LogP contribution in [0, 0.1) is 0 Å². The lowest BCUT2D eigenvalue weighted by Gasteiger charge is -2.24. The number of benzene rings is 2. The van der Waals surface area contributed by atoms with Gasteiger partial charge in [-0.25, -0.2) is 4.79 Å². The first-order valence-corrected chi connectivity index (χ1v) is 13.4. The molecule has 0 saturated carbocycles. The Bertz CT molecular complexity index is 980. The minimum atomic E-state index is -0.420. The van der Waals surface area contributed by atoms with Crippen LogP contribution in [-0.2, 0) is 30.3 Å². The molecule has 0 N–H and O–H groups in total. The second-order valence-electron chi connectivity index (χ2n) is 8.87. The Balaban J connectivity index is 1.50. The van der Waals surface area contributed by atoms with E-state index in [9.17, 15) is 9.59 Å². The molecule has 2 aromatic rings. The number of amides is 2. The van der Waals surface area contributed by atoms with Crippen molar-refractivity contribution >= 4 is 12.0 Å². The summed E-state index contributed by atoms with van der Waals surface area (Å²) in [4.78, 5) is 29.2. The SMILES string of the molecule is COc1cc(OC)cc(C(=O)N2CCOCCOCCN(C(=O)OCc3ccccc3)CCOCCOCC2)c1. The van der Waals surface area contributed by atoms with Crippen molar-refractivity contribution < 1.29 is 42.7 Å². The first-order valence-electron chi connectivity index (χ1n) is 13.4. The van der Waals surface area contributed by atoms with Crippen molar-refractivity contribution in [3.63, 3.8) is 0 Å². The van der Waals surface area contributed by atoms with Gasteiger partial charge in [-0.1, -0.05) is 30.3 Å². The maximum atomic E-state index is 13.3. The third-order valence-electron chi connectivity index (χ3n) is 6.12. The van der Waals surface area contributed by atoms with Gasteiger partial charge in [-0.05, 0) is 17.7 Å². The Morgan fingerprint density at radius 1 is 0.675 bits per heavy atom. The van der Waals surface area contributed by atoms with Gasteiger partial charge in [0.05, 0.1) is 67.1 Å². The first-order chi connectivity index (χ1) is 19.6. The van der Waals surface area contributed by atoms with Crippen LogP contribution in [0.4, 0.5) is 4.79 Å². The summed E-state index contributed by atoms with van der Waals surface area (Å²) in [7, 11) is 3.09. The molecule has 0 unspecified atom stereocenters. The number of hydrogen-bond acceptors (Lipinski definition) is 9. The average Bonchev–Trinajstić information content (AvgIpc) is 2.99. The molecule has 0 aromatic heterocycles. The Kier molecular flexibility index (Phi) is 14.1. The van der Waals surface area contributed by atoms with Crippen molar-refractivity contribution in [1.29, 1.82) is 0 Å².